The lowest BCUT2D eigenvalue weighted by Gasteiger charge is -2.32. The van der Waals surface area contributed by atoms with E-state index in [0.717, 1.165) is 25.7 Å². The van der Waals surface area contributed by atoms with E-state index in [0.29, 0.717) is 22.7 Å². The molecule has 1 heterocycles. The Morgan fingerprint density at radius 2 is 1.55 bits per heavy atom. The number of amides is 2. The Balaban J connectivity index is 1.79. The molecule has 2 aromatic carbocycles. The van der Waals surface area contributed by atoms with E-state index >= 15 is 0 Å². The first-order chi connectivity index (χ1) is 16.1. The number of methoxy groups -OCH3 is 2. The fourth-order valence-corrected chi connectivity index (χ4v) is 4.20. The molecule has 0 bridgehead atoms. The lowest BCUT2D eigenvalue weighted by Crippen LogP contribution is -2.46. The number of benzene rings is 2. The molecular formula is C26H28N2O5. The van der Waals surface area contributed by atoms with Crippen molar-refractivity contribution in [2.24, 2.45) is 0 Å². The monoisotopic (exact) mass is 448 g/mol. The lowest BCUT2D eigenvalue weighted by atomic mass is 10.0. The molecule has 1 atom stereocenters. The van der Waals surface area contributed by atoms with Crippen LogP contribution in [0.5, 0.6) is 11.5 Å². The van der Waals surface area contributed by atoms with Crippen molar-refractivity contribution in [1.29, 1.82) is 0 Å². The van der Waals surface area contributed by atoms with E-state index < -0.39 is 11.9 Å². The summed E-state index contributed by atoms with van der Waals surface area (Å²) in [5.41, 5.74) is 1.22. The minimum absolute atomic E-state index is 0.106. The van der Waals surface area contributed by atoms with Crippen LogP contribution in [0.1, 0.15) is 47.8 Å². The van der Waals surface area contributed by atoms with Crippen LogP contribution in [0.3, 0.4) is 0 Å². The summed E-state index contributed by atoms with van der Waals surface area (Å²) in [6.45, 7) is 0. The van der Waals surface area contributed by atoms with E-state index in [1.165, 1.54) is 11.2 Å². The summed E-state index contributed by atoms with van der Waals surface area (Å²) in [5, 5.41) is 3.16. The van der Waals surface area contributed by atoms with Crippen molar-refractivity contribution in [3.8, 4) is 11.5 Å². The molecule has 1 aliphatic rings. The highest BCUT2D eigenvalue weighted by Gasteiger charge is 2.35. The van der Waals surface area contributed by atoms with Gasteiger partial charge in [0.25, 0.3) is 5.91 Å². The third-order valence-corrected chi connectivity index (χ3v) is 5.94. The van der Waals surface area contributed by atoms with Crippen LogP contribution in [0.4, 0.5) is 5.69 Å². The summed E-state index contributed by atoms with van der Waals surface area (Å²) in [7, 11) is 3.17. The molecule has 0 spiro atoms. The van der Waals surface area contributed by atoms with Gasteiger partial charge in [0.1, 0.15) is 17.5 Å². The van der Waals surface area contributed by atoms with E-state index in [1.807, 2.05) is 12.1 Å². The Labute approximate surface area is 193 Å². The highest BCUT2D eigenvalue weighted by Crippen LogP contribution is 2.32. The van der Waals surface area contributed by atoms with Gasteiger partial charge in [-0.25, -0.2) is 0 Å². The number of carbonyl (C=O) groups is 2. The van der Waals surface area contributed by atoms with E-state index in [-0.39, 0.29) is 17.7 Å². The molecule has 3 aromatic rings. The van der Waals surface area contributed by atoms with Gasteiger partial charge in [-0.1, -0.05) is 25.0 Å². The fourth-order valence-electron chi connectivity index (χ4n) is 4.20. The standard InChI is InChI=1S/C26H28N2O5/c1-31-21-13-9-18(10-14-21)24(25(29)27-19-6-3-4-7-19)28(26(30)23-8-5-17-33-23)20-11-15-22(32-2)16-12-20/h5,8-17,19,24H,3-4,6-7H2,1-2H3,(H,27,29)/t24-/m0/s1. The van der Waals surface area contributed by atoms with Gasteiger partial charge in [0.2, 0.25) is 5.91 Å². The Morgan fingerprint density at radius 3 is 2.09 bits per heavy atom. The molecular weight excluding hydrogens is 420 g/mol. The normalized spacial score (nSPS) is 14.5. The van der Waals surface area contributed by atoms with E-state index in [9.17, 15) is 9.59 Å². The maximum Gasteiger partial charge on any atom is 0.294 e. The van der Waals surface area contributed by atoms with Crippen LogP contribution in [-0.2, 0) is 4.79 Å². The number of hydrogen-bond donors (Lipinski definition) is 1. The van der Waals surface area contributed by atoms with Crippen LogP contribution in [0.2, 0.25) is 0 Å². The number of furan rings is 1. The molecule has 0 unspecified atom stereocenters. The molecule has 0 saturated heterocycles. The molecule has 1 saturated carbocycles. The number of hydrogen-bond acceptors (Lipinski definition) is 5. The molecule has 2 amide bonds. The van der Waals surface area contributed by atoms with Gasteiger partial charge in [0.05, 0.1) is 20.5 Å². The second-order valence-corrected chi connectivity index (χ2v) is 8.02. The first-order valence-corrected chi connectivity index (χ1v) is 11.1. The SMILES string of the molecule is COc1ccc([C@@H](C(=O)NC2CCCC2)N(C(=O)c2ccco2)c2ccc(OC)cc2)cc1. The summed E-state index contributed by atoms with van der Waals surface area (Å²) in [6.07, 6.45) is 5.50. The molecule has 1 N–H and O–H groups in total. The van der Waals surface area contributed by atoms with Crippen LogP contribution >= 0.6 is 0 Å². The average Bonchev–Trinajstić information content (AvgIpc) is 3.57. The van der Waals surface area contributed by atoms with Gasteiger partial charge in [-0.05, 0) is 66.9 Å². The van der Waals surface area contributed by atoms with Gasteiger partial charge in [-0.15, -0.1) is 0 Å². The Morgan fingerprint density at radius 1 is 0.939 bits per heavy atom. The van der Waals surface area contributed by atoms with E-state index in [4.69, 9.17) is 13.9 Å². The number of nitrogens with zero attached hydrogens (tertiary/aromatic N) is 1. The van der Waals surface area contributed by atoms with Crippen LogP contribution in [0.25, 0.3) is 0 Å². The minimum atomic E-state index is -0.900. The third kappa shape index (κ3) is 5.03. The molecule has 0 aliphatic heterocycles. The quantitative estimate of drug-likeness (QED) is 0.538. The number of nitrogens with one attached hydrogen (secondary N) is 1. The second-order valence-electron chi connectivity index (χ2n) is 8.02. The van der Waals surface area contributed by atoms with Crippen molar-refractivity contribution in [3.05, 3.63) is 78.3 Å². The summed E-state index contributed by atoms with van der Waals surface area (Å²) >= 11 is 0. The number of anilines is 1. The van der Waals surface area contributed by atoms with Crippen molar-refractivity contribution < 1.29 is 23.5 Å². The van der Waals surface area contributed by atoms with Crippen molar-refractivity contribution in [1.82, 2.24) is 5.32 Å². The van der Waals surface area contributed by atoms with Crippen molar-refractivity contribution >= 4 is 17.5 Å². The van der Waals surface area contributed by atoms with E-state index in [2.05, 4.69) is 5.32 Å². The van der Waals surface area contributed by atoms with Gasteiger partial charge < -0.3 is 19.2 Å². The molecule has 4 rings (SSSR count). The number of rotatable bonds is 8. The van der Waals surface area contributed by atoms with Crippen molar-refractivity contribution in [2.75, 3.05) is 19.1 Å². The summed E-state index contributed by atoms with van der Waals surface area (Å²) in [4.78, 5) is 28.8. The molecule has 7 heteroatoms. The van der Waals surface area contributed by atoms with Crippen LogP contribution < -0.4 is 19.7 Å². The third-order valence-electron chi connectivity index (χ3n) is 5.94. The zero-order valence-electron chi connectivity index (χ0n) is 18.8. The zero-order valence-corrected chi connectivity index (χ0v) is 18.8. The zero-order chi connectivity index (χ0) is 23.2. The molecule has 172 valence electrons. The minimum Gasteiger partial charge on any atom is -0.497 e. The predicted molar refractivity (Wildman–Crippen MR) is 125 cm³/mol. The largest absolute Gasteiger partial charge is 0.497 e. The molecule has 1 aromatic heterocycles. The Bertz CT molecular complexity index is 1060. The average molecular weight is 449 g/mol. The topological polar surface area (TPSA) is 81.0 Å². The summed E-state index contributed by atoms with van der Waals surface area (Å²) in [6, 6.07) is 16.7. The molecule has 1 fully saturated rings. The van der Waals surface area contributed by atoms with Gasteiger partial charge >= 0.3 is 0 Å². The van der Waals surface area contributed by atoms with E-state index in [1.54, 1.807) is 62.8 Å². The van der Waals surface area contributed by atoms with Gasteiger partial charge in [0.15, 0.2) is 5.76 Å². The lowest BCUT2D eigenvalue weighted by molar-refractivity contribution is -0.123. The number of ether oxygens (including phenoxy) is 2. The Kier molecular flexibility index (Phi) is 6.98. The van der Waals surface area contributed by atoms with Gasteiger partial charge in [-0.3, -0.25) is 14.5 Å². The molecule has 1 aliphatic carbocycles. The van der Waals surface area contributed by atoms with Crippen LogP contribution in [0.15, 0.2) is 71.3 Å². The highest BCUT2D eigenvalue weighted by molar-refractivity contribution is 6.08. The van der Waals surface area contributed by atoms with Crippen molar-refractivity contribution in [2.45, 2.75) is 37.8 Å². The maximum atomic E-state index is 13.7. The Hall–Kier alpha value is -3.74. The molecule has 0 radical (unpaired) electrons. The van der Waals surface area contributed by atoms with Gasteiger partial charge in [0, 0.05) is 11.7 Å². The van der Waals surface area contributed by atoms with Crippen LogP contribution in [-0.4, -0.2) is 32.1 Å². The molecule has 7 nitrogen and oxygen atoms in total. The first-order valence-electron chi connectivity index (χ1n) is 11.1. The summed E-state index contributed by atoms with van der Waals surface area (Å²) in [5.74, 6) is 0.830. The van der Waals surface area contributed by atoms with Gasteiger partial charge in [-0.2, -0.15) is 0 Å². The first kappa shape index (κ1) is 22.5. The fraction of sp³-hybridized carbons (Fsp3) is 0.308. The smallest absolute Gasteiger partial charge is 0.294 e. The second kappa shape index (κ2) is 10.3. The highest BCUT2D eigenvalue weighted by atomic mass is 16.5. The van der Waals surface area contributed by atoms with Crippen molar-refractivity contribution in [3.63, 3.8) is 0 Å². The number of carbonyl (C=O) groups excluding carboxylic acids is 2. The maximum absolute atomic E-state index is 13.7. The molecule has 33 heavy (non-hydrogen) atoms. The predicted octanol–water partition coefficient (Wildman–Crippen LogP) is 4.74. The van der Waals surface area contributed by atoms with Crippen LogP contribution in [0, 0.1) is 0 Å². The summed E-state index contributed by atoms with van der Waals surface area (Å²) < 4.78 is 16.0.